The molecule has 0 bridgehead atoms. The van der Waals surface area contributed by atoms with E-state index in [0.717, 1.165) is 12.0 Å². The van der Waals surface area contributed by atoms with Gasteiger partial charge in [0.05, 0.1) is 18.7 Å². The minimum Gasteiger partial charge on any atom is -0.465 e. The zero-order valence-corrected chi connectivity index (χ0v) is 11.3. The molecule has 3 N–H and O–H groups in total. The predicted molar refractivity (Wildman–Crippen MR) is 72.5 cm³/mol. The maximum atomic E-state index is 11.6. The Balaban J connectivity index is 2.50. The van der Waals surface area contributed by atoms with Crippen LogP contribution in [0.3, 0.4) is 0 Å². The van der Waals surface area contributed by atoms with E-state index in [1.165, 1.54) is 7.11 Å². The molecule has 5 heteroatoms. The number of amides is 1. The summed E-state index contributed by atoms with van der Waals surface area (Å²) in [5.74, 6) is -0.528. The maximum absolute atomic E-state index is 11.6. The Hall–Kier alpha value is -1.88. The number of hydrogen-bond acceptors (Lipinski definition) is 4. The normalized spacial score (nSPS) is 11.7. The molecule has 1 rings (SSSR count). The van der Waals surface area contributed by atoms with Gasteiger partial charge in [-0.2, -0.15) is 0 Å². The maximum Gasteiger partial charge on any atom is 0.337 e. The molecule has 0 spiro atoms. The third kappa shape index (κ3) is 4.71. The quantitative estimate of drug-likeness (QED) is 0.757. The largest absolute Gasteiger partial charge is 0.465 e. The van der Waals surface area contributed by atoms with Crippen molar-refractivity contribution in [2.75, 3.05) is 7.11 Å². The number of benzene rings is 1. The van der Waals surface area contributed by atoms with E-state index in [-0.39, 0.29) is 11.9 Å². The van der Waals surface area contributed by atoms with Gasteiger partial charge in [-0.05, 0) is 24.1 Å². The van der Waals surface area contributed by atoms with Crippen molar-refractivity contribution in [3.63, 3.8) is 0 Å². The summed E-state index contributed by atoms with van der Waals surface area (Å²) in [4.78, 5) is 22.9. The van der Waals surface area contributed by atoms with Gasteiger partial charge >= 0.3 is 5.97 Å². The third-order valence-corrected chi connectivity index (χ3v) is 2.78. The van der Waals surface area contributed by atoms with E-state index in [9.17, 15) is 9.59 Å². The zero-order chi connectivity index (χ0) is 14.3. The number of hydrogen-bond donors (Lipinski definition) is 2. The fourth-order valence-electron chi connectivity index (χ4n) is 1.64. The summed E-state index contributed by atoms with van der Waals surface area (Å²) in [6.45, 7) is 2.39. The standard InChI is InChI=1S/C14H20N2O3/c1-3-4-12(15)13(17)16-9-10-5-7-11(8-6-10)14(18)19-2/h5-8,12H,3-4,9,15H2,1-2H3,(H,16,17). The number of methoxy groups -OCH3 is 1. The van der Waals surface area contributed by atoms with Crippen molar-refractivity contribution in [1.82, 2.24) is 5.32 Å². The Morgan fingerprint density at radius 2 is 1.95 bits per heavy atom. The summed E-state index contributed by atoms with van der Waals surface area (Å²) < 4.78 is 4.61. The van der Waals surface area contributed by atoms with Crippen molar-refractivity contribution in [2.24, 2.45) is 5.73 Å². The molecule has 1 unspecified atom stereocenters. The molecule has 1 aromatic rings. The van der Waals surface area contributed by atoms with Gasteiger partial charge in [0.15, 0.2) is 0 Å². The second-order valence-corrected chi connectivity index (χ2v) is 4.30. The molecule has 1 aromatic carbocycles. The first-order valence-electron chi connectivity index (χ1n) is 6.29. The minimum atomic E-state index is -0.459. The number of carbonyl (C=O) groups excluding carboxylic acids is 2. The van der Waals surface area contributed by atoms with Crippen molar-refractivity contribution in [2.45, 2.75) is 32.4 Å². The minimum absolute atomic E-state index is 0.154. The highest BCUT2D eigenvalue weighted by Gasteiger charge is 2.11. The fraction of sp³-hybridized carbons (Fsp3) is 0.429. The Kier molecular flexibility index (Phi) is 6.02. The van der Waals surface area contributed by atoms with Crippen LogP contribution in [0.2, 0.25) is 0 Å². The molecule has 0 saturated carbocycles. The van der Waals surface area contributed by atoms with Crippen LogP contribution in [0.4, 0.5) is 0 Å². The molecule has 0 aliphatic rings. The molecule has 0 radical (unpaired) electrons. The Bertz CT molecular complexity index is 429. The predicted octanol–water partition coefficient (Wildman–Crippen LogP) is 1.22. The molecular formula is C14H20N2O3. The number of carbonyl (C=O) groups is 2. The second-order valence-electron chi connectivity index (χ2n) is 4.30. The number of rotatable bonds is 6. The monoisotopic (exact) mass is 264 g/mol. The molecule has 0 aliphatic carbocycles. The van der Waals surface area contributed by atoms with Crippen molar-refractivity contribution >= 4 is 11.9 Å². The van der Waals surface area contributed by atoms with Crippen molar-refractivity contribution in [1.29, 1.82) is 0 Å². The average molecular weight is 264 g/mol. The lowest BCUT2D eigenvalue weighted by atomic mass is 10.1. The van der Waals surface area contributed by atoms with Crippen molar-refractivity contribution < 1.29 is 14.3 Å². The van der Waals surface area contributed by atoms with E-state index in [2.05, 4.69) is 10.1 Å². The van der Waals surface area contributed by atoms with Gasteiger partial charge in [-0.1, -0.05) is 25.5 Å². The summed E-state index contributed by atoms with van der Waals surface area (Å²) in [6.07, 6.45) is 1.55. The number of ether oxygens (including phenoxy) is 1. The molecule has 104 valence electrons. The van der Waals surface area contributed by atoms with E-state index in [0.29, 0.717) is 18.5 Å². The highest BCUT2D eigenvalue weighted by molar-refractivity contribution is 5.89. The zero-order valence-electron chi connectivity index (χ0n) is 11.3. The summed E-state index contributed by atoms with van der Waals surface area (Å²) >= 11 is 0. The van der Waals surface area contributed by atoms with Crippen LogP contribution < -0.4 is 11.1 Å². The van der Waals surface area contributed by atoms with Crippen LogP contribution in [-0.4, -0.2) is 25.0 Å². The van der Waals surface area contributed by atoms with Gasteiger partial charge < -0.3 is 15.8 Å². The van der Waals surface area contributed by atoms with Gasteiger partial charge in [-0.3, -0.25) is 4.79 Å². The summed E-state index contributed by atoms with van der Waals surface area (Å²) in [6, 6.07) is 6.42. The number of nitrogens with one attached hydrogen (secondary N) is 1. The molecule has 5 nitrogen and oxygen atoms in total. The van der Waals surface area contributed by atoms with Crippen molar-refractivity contribution in [3.8, 4) is 0 Å². The topological polar surface area (TPSA) is 81.4 Å². The molecule has 19 heavy (non-hydrogen) atoms. The molecule has 1 amide bonds. The lowest BCUT2D eigenvalue weighted by Gasteiger charge is -2.11. The van der Waals surface area contributed by atoms with Gasteiger partial charge in [-0.15, -0.1) is 0 Å². The molecule has 1 atom stereocenters. The van der Waals surface area contributed by atoms with Crippen LogP contribution >= 0.6 is 0 Å². The third-order valence-electron chi connectivity index (χ3n) is 2.78. The smallest absolute Gasteiger partial charge is 0.337 e. The Morgan fingerprint density at radius 3 is 2.47 bits per heavy atom. The summed E-state index contributed by atoms with van der Waals surface area (Å²) in [7, 11) is 1.34. The summed E-state index contributed by atoms with van der Waals surface area (Å²) in [5.41, 5.74) is 7.09. The molecule has 0 fully saturated rings. The summed E-state index contributed by atoms with van der Waals surface area (Å²) in [5, 5.41) is 2.77. The first-order valence-corrected chi connectivity index (χ1v) is 6.29. The second kappa shape index (κ2) is 7.53. The lowest BCUT2D eigenvalue weighted by Crippen LogP contribution is -2.40. The van der Waals surface area contributed by atoms with Gasteiger partial charge in [-0.25, -0.2) is 4.79 Å². The van der Waals surface area contributed by atoms with E-state index >= 15 is 0 Å². The highest BCUT2D eigenvalue weighted by atomic mass is 16.5. The first kappa shape index (κ1) is 15.2. The average Bonchev–Trinajstić information content (AvgIpc) is 2.44. The van der Waals surface area contributed by atoms with E-state index in [4.69, 9.17) is 5.73 Å². The van der Waals surface area contributed by atoms with E-state index in [1.807, 2.05) is 6.92 Å². The number of esters is 1. The highest BCUT2D eigenvalue weighted by Crippen LogP contribution is 2.05. The van der Waals surface area contributed by atoms with Crippen LogP contribution in [0, 0.1) is 0 Å². The van der Waals surface area contributed by atoms with Crippen LogP contribution in [0.25, 0.3) is 0 Å². The van der Waals surface area contributed by atoms with Crippen LogP contribution in [0.1, 0.15) is 35.7 Å². The van der Waals surface area contributed by atoms with Crippen LogP contribution in [0.15, 0.2) is 24.3 Å². The number of nitrogens with two attached hydrogens (primary N) is 1. The van der Waals surface area contributed by atoms with Gasteiger partial charge in [0.2, 0.25) is 5.91 Å². The lowest BCUT2D eigenvalue weighted by molar-refractivity contribution is -0.122. The molecule has 0 saturated heterocycles. The molecule has 0 aliphatic heterocycles. The van der Waals surface area contributed by atoms with Gasteiger partial charge in [0.25, 0.3) is 0 Å². The fourth-order valence-corrected chi connectivity index (χ4v) is 1.64. The Labute approximate surface area is 113 Å². The van der Waals surface area contributed by atoms with E-state index < -0.39 is 6.04 Å². The van der Waals surface area contributed by atoms with Crippen molar-refractivity contribution in [3.05, 3.63) is 35.4 Å². The van der Waals surface area contributed by atoms with Gasteiger partial charge in [0.1, 0.15) is 0 Å². The Morgan fingerprint density at radius 1 is 1.32 bits per heavy atom. The van der Waals surface area contributed by atoms with Crippen LogP contribution in [0.5, 0.6) is 0 Å². The van der Waals surface area contributed by atoms with E-state index in [1.54, 1.807) is 24.3 Å². The van der Waals surface area contributed by atoms with Gasteiger partial charge in [0, 0.05) is 6.54 Å². The molecule has 0 heterocycles. The SMILES string of the molecule is CCCC(N)C(=O)NCc1ccc(C(=O)OC)cc1. The molecule has 0 aromatic heterocycles. The first-order chi connectivity index (χ1) is 9.08. The van der Waals surface area contributed by atoms with Crippen LogP contribution in [-0.2, 0) is 16.1 Å². The molecular weight excluding hydrogens is 244 g/mol.